The van der Waals surface area contributed by atoms with Crippen LogP contribution in [0.1, 0.15) is 43.8 Å². The number of rotatable bonds is 2. The molecule has 82 valence electrons. The summed E-state index contributed by atoms with van der Waals surface area (Å²) in [5.41, 5.74) is 0. The molecule has 0 N–H and O–H groups in total. The van der Waals surface area contributed by atoms with Gasteiger partial charge < -0.3 is 9.42 Å². The molecule has 1 aromatic rings. The number of nitrogens with zero attached hydrogens (tertiary/aromatic N) is 3. The number of hydrogen-bond acceptors (Lipinski definition) is 4. The molecular formula is C11H17N3O. The summed E-state index contributed by atoms with van der Waals surface area (Å²) < 4.78 is 5.37. The van der Waals surface area contributed by atoms with E-state index in [0.717, 1.165) is 24.2 Å². The topological polar surface area (TPSA) is 42.2 Å². The molecule has 3 heterocycles. The van der Waals surface area contributed by atoms with Crippen LogP contribution >= 0.6 is 0 Å². The van der Waals surface area contributed by atoms with E-state index in [1.165, 1.54) is 19.5 Å². The van der Waals surface area contributed by atoms with Crippen molar-refractivity contribution in [3.8, 4) is 0 Å². The van der Waals surface area contributed by atoms with Crippen LogP contribution in [0.2, 0.25) is 0 Å². The summed E-state index contributed by atoms with van der Waals surface area (Å²) in [5, 5.41) is 4.04. The molecule has 3 unspecified atom stereocenters. The standard InChI is InChI=1S/C11H17N3O/c1-7(2)10-12-11(15-13-10)9-6-14-4-3-8(9)5-14/h7-9H,3-6H2,1-2H3. The minimum absolute atomic E-state index is 0.362. The fraction of sp³-hybridized carbons (Fsp3) is 0.818. The molecule has 2 bridgehead atoms. The minimum atomic E-state index is 0.362. The van der Waals surface area contributed by atoms with Crippen molar-refractivity contribution in [2.75, 3.05) is 19.6 Å². The van der Waals surface area contributed by atoms with Crippen LogP contribution in [0.25, 0.3) is 0 Å². The maximum atomic E-state index is 5.37. The highest BCUT2D eigenvalue weighted by molar-refractivity contribution is 5.06. The van der Waals surface area contributed by atoms with E-state index in [9.17, 15) is 0 Å². The lowest BCUT2D eigenvalue weighted by molar-refractivity contribution is 0.287. The molecule has 15 heavy (non-hydrogen) atoms. The van der Waals surface area contributed by atoms with Crippen LogP contribution in [0.3, 0.4) is 0 Å². The maximum absolute atomic E-state index is 5.37. The molecule has 0 aromatic carbocycles. The zero-order valence-corrected chi connectivity index (χ0v) is 9.31. The second-order valence-electron chi connectivity index (χ2n) is 5.06. The Balaban J connectivity index is 1.81. The first kappa shape index (κ1) is 9.33. The number of aromatic nitrogens is 2. The quantitative estimate of drug-likeness (QED) is 0.739. The molecule has 2 aliphatic heterocycles. The van der Waals surface area contributed by atoms with Crippen LogP contribution in [0.4, 0.5) is 0 Å². The zero-order valence-electron chi connectivity index (χ0n) is 9.31. The highest BCUT2D eigenvalue weighted by Gasteiger charge is 2.41. The molecule has 2 saturated heterocycles. The summed E-state index contributed by atoms with van der Waals surface area (Å²) >= 11 is 0. The van der Waals surface area contributed by atoms with E-state index >= 15 is 0 Å². The van der Waals surface area contributed by atoms with Gasteiger partial charge in [-0.2, -0.15) is 4.98 Å². The Morgan fingerprint density at radius 1 is 1.40 bits per heavy atom. The predicted molar refractivity (Wildman–Crippen MR) is 55.7 cm³/mol. The number of piperidine rings is 1. The van der Waals surface area contributed by atoms with Crippen LogP contribution in [0.5, 0.6) is 0 Å². The lowest BCUT2D eigenvalue weighted by Gasteiger charge is -2.18. The summed E-state index contributed by atoms with van der Waals surface area (Å²) in [5.74, 6) is 3.33. The second-order valence-corrected chi connectivity index (χ2v) is 5.06. The molecule has 3 rings (SSSR count). The van der Waals surface area contributed by atoms with E-state index in [0.29, 0.717) is 11.8 Å². The summed E-state index contributed by atoms with van der Waals surface area (Å²) in [7, 11) is 0. The van der Waals surface area contributed by atoms with Crippen LogP contribution in [0, 0.1) is 5.92 Å². The molecular weight excluding hydrogens is 190 g/mol. The van der Waals surface area contributed by atoms with E-state index in [2.05, 4.69) is 28.9 Å². The van der Waals surface area contributed by atoms with Gasteiger partial charge in [0.25, 0.3) is 0 Å². The Bertz CT molecular complexity index is 360. The summed E-state index contributed by atoms with van der Waals surface area (Å²) in [4.78, 5) is 7.00. The average molecular weight is 207 g/mol. The molecule has 4 heteroatoms. The Kier molecular flexibility index (Phi) is 2.06. The van der Waals surface area contributed by atoms with E-state index in [4.69, 9.17) is 4.52 Å². The summed E-state index contributed by atoms with van der Waals surface area (Å²) in [6.45, 7) is 7.79. The first-order chi connectivity index (χ1) is 7.24. The lowest BCUT2D eigenvalue weighted by atomic mass is 9.92. The van der Waals surface area contributed by atoms with Crippen molar-refractivity contribution < 1.29 is 4.52 Å². The SMILES string of the molecule is CC(C)c1noc(C2CN3CCC2C3)n1. The van der Waals surface area contributed by atoms with Crippen LogP contribution in [-0.2, 0) is 0 Å². The Morgan fingerprint density at radius 3 is 2.80 bits per heavy atom. The molecule has 0 aliphatic carbocycles. The van der Waals surface area contributed by atoms with Gasteiger partial charge in [-0.15, -0.1) is 0 Å². The molecule has 1 aromatic heterocycles. The van der Waals surface area contributed by atoms with E-state index < -0.39 is 0 Å². The molecule has 2 aliphatic rings. The van der Waals surface area contributed by atoms with Gasteiger partial charge in [-0.05, 0) is 18.9 Å². The monoisotopic (exact) mass is 207 g/mol. The van der Waals surface area contributed by atoms with Gasteiger partial charge in [0.2, 0.25) is 5.89 Å². The first-order valence-corrected chi connectivity index (χ1v) is 5.80. The van der Waals surface area contributed by atoms with Gasteiger partial charge in [0.1, 0.15) is 0 Å². The van der Waals surface area contributed by atoms with E-state index in [1.54, 1.807) is 0 Å². The average Bonchev–Trinajstić information content (AvgIpc) is 2.93. The van der Waals surface area contributed by atoms with Crippen molar-refractivity contribution >= 4 is 0 Å². The normalized spacial score (nSPS) is 34.2. The van der Waals surface area contributed by atoms with Crippen LogP contribution in [-0.4, -0.2) is 34.7 Å². The number of hydrogen-bond donors (Lipinski definition) is 0. The Hall–Kier alpha value is -0.900. The maximum Gasteiger partial charge on any atom is 0.231 e. The fourth-order valence-corrected chi connectivity index (χ4v) is 2.70. The highest BCUT2D eigenvalue weighted by atomic mass is 16.5. The van der Waals surface area contributed by atoms with Gasteiger partial charge in [-0.25, -0.2) is 0 Å². The van der Waals surface area contributed by atoms with Crippen molar-refractivity contribution in [3.63, 3.8) is 0 Å². The molecule has 2 fully saturated rings. The third-order valence-corrected chi connectivity index (χ3v) is 3.62. The van der Waals surface area contributed by atoms with Crippen molar-refractivity contribution in [3.05, 3.63) is 11.7 Å². The zero-order chi connectivity index (χ0) is 10.4. The number of fused-ring (bicyclic) bond motifs is 2. The molecule has 0 amide bonds. The van der Waals surface area contributed by atoms with Crippen molar-refractivity contribution in [1.82, 2.24) is 15.0 Å². The second kappa shape index (κ2) is 3.30. The van der Waals surface area contributed by atoms with Crippen LogP contribution < -0.4 is 0 Å². The minimum Gasteiger partial charge on any atom is -0.339 e. The van der Waals surface area contributed by atoms with Crippen molar-refractivity contribution in [1.29, 1.82) is 0 Å². The van der Waals surface area contributed by atoms with Gasteiger partial charge in [0.15, 0.2) is 5.82 Å². The van der Waals surface area contributed by atoms with Gasteiger partial charge in [-0.1, -0.05) is 19.0 Å². The molecule has 4 nitrogen and oxygen atoms in total. The third-order valence-electron chi connectivity index (χ3n) is 3.62. The van der Waals surface area contributed by atoms with E-state index in [-0.39, 0.29) is 0 Å². The summed E-state index contributed by atoms with van der Waals surface area (Å²) in [6.07, 6.45) is 1.30. The molecule has 0 spiro atoms. The predicted octanol–water partition coefficient (Wildman–Crippen LogP) is 1.61. The van der Waals surface area contributed by atoms with Gasteiger partial charge in [0, 0.05) is 19.0 Å². The van der Waals surface area contributed by atoms with Gasteiger partial charge in [0.05, 0.1) is 5.92 Å². The largest absolute Gasteiger partial charge is 0.339 e. The molecule has 0 saturated carbocycles. The van der Waals surface area contributed by atoms with E-state index in [1.807, 2.05) is 0 Å². The van der Waals surface area contributed by atoms with Crippen LogP contribution in [0.15, 0.2) is 4.52 Å². The third kappa shape index (κ3) is 1.47. The van der Waals surface area contributed by atoms with Crippen molar-refractivity contribution in [2.45, 2.75) is 32.1 Å². The summed E-state index contributed by atoms with van der Waals surface area (Å²) in [6, 6.07) is 0. The first-order valence-electron chi connectivity index (χ1n) is 5.80. The van der Waals surface area contributed by atoms with Crippen molar-refractivity contribution in [2.24, 2.45) is 5.92 Å². The molecule has 0 radical (unpaired) electrons. The molecule has 3 atom stereocenters. The smallest absolute Gasteiger partial charge is 0.231 e. The van der Waals surface area contributed by atoms with Gasteiger partial charge in [-0.3, -0.25) is 0 Å². The fourth-order valence-electron chi connectivity index (χ4n) is 2.70. The highest BCUT2D eigenvalue weighted by Crippen LogP contribution is 2.39. The van der Waals surface area contributed by atoms with Gasteiger partial charge >= 0.3 is 0 Å². The Labute approximate surface area is 89.6 Å². The lowest BCUT2D eigenvalue weighted by Crippen LogP contribution is -2.22. The Morgan fingerprint density at radius 2 is 2.27 bits per heavy atom.